The first-order valence-corrected chi connectivity index (χ1v) is 4.44. The molecular formula is C6H17NS. The Morgan fingerprint density at radius 3 is 2.00 bits per heavy atom. The highest BCUT2D eigenvalue weighted by Crippen LogP contribution is 1.85. The molecule has 2 heteroatoms. The molecule has 8 heavy (non-hydrogen) atoms. The molecule has 0 radical (unpaired) electrons. The van der Waals surface area contributed by atoms with Crippen LogP contribution in [0, 0.1) is 0 Å². The van der Waals surface area contributed by atoms with Crippen LogP contribution in [0.5, 0.6) is 0 Å². The third-order valence-electron chi connectivity index (χ3n) is 0.556. The number of rotatable bonds is 3. The lowest BCUT2D eigenvalue weighted by molar-refractivity contribution is 0.873. The largest absolute Gasteiger partial charge is 0.319 e. The van der Waals surface area contributed by atoms with Gasteiger partial charge >= 0.3 is 0 Å². The molecule has 0 saturated heterocycles. The van der Waals surface area contributed by atoms with Crippen LogP contribution in [-0.4, -0.2) is 25.6 Å². The summed E-state index contributed by atoms with van der Waals surface area (Å²) in [6.45, 7) is 5.13. The number of hydrogen-bond donors (Lipinski definition) is 1. The summed E-state index contributed by atoms with van der Waals surface area (Å²) >= 11 is 1.86. The minimum atomic E-state index is 1.13. The molecule has 1 nitrogen and oxygen atoms in total. The summed E-state index contributed by atoms with van der Waals surface area (Å²) in [7, 11) is 1.97. The van der Waals surface area contributed by atoms with Crippen molar-refractivity contribution in [3.8, 4) is 0 Å². The molecule has 0 fully saturated rings. The van der Waals surface area contributed by atoms with Gasteiger partial charge in [-0.15, -0.1) is 0 Å². The highest BCUT2D eigenvalue weighted by atomic mass is 32.2. The van der Waals surface area contributed by atoms with Crippen LogP contribution in [0.2, 0.25) is 0 Å². The fourth-order valence-corrected chi connectivity index (χ4v) is 0.612. The standard InChI is InChI=1S/C4H11NS.C2H6/c1-5-3-4-6-2;1-2/h5H,3-4H2,1-2H3;1-2H3. The zero-order valence-electron chi connectivity index (χ0n) is 6.32. The third-order valence-corrected chi connectivity index (χ3v) is 1.17. The van der Waals surface area contributed by atoms with Crippen LogP contribution in [0.4, 0.5) is 0 Å². The Morgan fingerprint density at radius 1 is 1.38 bits per heavy atom. The van der Waals surface area contributed by atoms with Gasteiger partial charge in [0.25, 0.3) is 0 Å². The zero-order chi connectivity index (χ0) is 6.83. The molecule has 0 aromatic rings. The maximum absolute atomic E-state index is 3.05. The molecule has 0 aliphatic carbocycles. The fraction of sp³-hybridized carbons (Fsp3) is 1.00. The first-order valence-electron chi connectivity index (χ1n) is 3.05. The van der Waals surface area contributed by atoms with Crippen molar-refractivity contribution in [1.29, 1.82) is 0 Å². The van der Waals surface area contributed by atoms with Gasteiger partial charge in [-0.25, -0.2) is 0 Å². The van der Waals surface area contributed by atoms with Gasteiger partial charge in [-0.2, -0.15) is 11.8 Å². The van der Waals surface area contributed by atoms with Crippen molar-refractivity contribution in [2.75, 3.05) is 25.6 Å². The van der Waals surface area contributed by atoms with Gasteiger partial charge in [-0.1, -0.05) is 13.8 Å². The van der Waals surface area contributed by atoms with Crippen LogP contribution in [0.25, 0.3) is 0 Å². The van der Waals surface area contributed by atoms with E-state index in [2.05, 4.69) is 11.6 Å². The van der Waals surface area contributed by atoms with Crippen LogP contribution in [-0.2, 0) is 0 Å². The van der Waals surface area contributed by atoms with E-state index in [-0.39, 0.29) is 0 Å². The molecule has 0 spiro atoms. The van der Waals surface area contributed by atoms with Gasteiger partial charge in [0.1, 0.15) is 0 Å². The van der Waals surface area contributed by atoms with Crippen molar-refractivity contribution in [3.63, 3.8) is 0 Å². The predicted molar refractivity (Wildman–Crippen MR) is 43.7 cm³/mol. The fourth-order valence-electron chi connectivity index (χ4n) is 0.204. The van der Waals surface area contributed by atoms with E-state index in [9.17, 15) is 0 Å². The number of thioether (sulfide) groups is 1. The summed E-state index contributed by atoms with van der Waals surface area (Å²) in [5.41, 5.74) is 0. The van der Waals surface area contributed by atoms with Crippen molar-refractivity contribution >= 4 is 11.8 Å². The summed E-state index contributed by atoms with van der Waals surface area (Å²) in [6, 6.07) is 0. The second-order valence-corrected chi connectivity index (χ2v) is 2.08. The molecule has 52 valence electrons. The van der Waals surface area contributed by atoms with E-state index in [0.717, 1.165) is 6.54 Å². The van der Waals surface area contributed by atoms with E-state index < -0.39 is 0 Å². The molecule has 0 aromatic carbocycles. The number of nitrogens with one attached hydrogen (secondary N) is 1. The monoisotopic (exact) mass is 135 g/mol. The van der Waals surface area contributed by atoms with Gasteiger partial charge in [0.15, 0.2) is 0 Å². The van der Waals surface area contributed by atoms with E-state index in [0.29, 0.717) is 0 Å². The Morgan fingerprint density at radius 2 is 1.88 bits per heavy atom. The molecule has 0 aromatic heterocycles. The second-order valence-electron chi connectivity index (χ2n) is 1.10. The Balaban J connectivity index is 0. The molecule has 0 atom stereocenters. The molecular weight excluding hydrogens is 118 g/mol. The highest BCUT2D eigenvalue weighted by Gasteiger charge is 1.73. The smallest absolute Gasteiger partial charge is 0.00552 e. The van der Waals surface area contributed by atoms with E-state index in [1.165, 1.54) is 5.75 Å². The summed E-state index contributed by atoms with van der Waals surface area (Å²) in [5.74, 6) is 1.22. The van der Waals surface area contributed by atoms with Crippen molar-refractivity contribution in [1.82, 2.24) is 5.32 Å². The van der Waals surface area contributed by atoms with Crippen LogP contribution >= 0.6 is 11.8 Å². The summed E-state index contributed by atoms with van der Waals surface area (Å²) in [6.07, 6.45) is 2.11. The predicted octanol–water partition coefficient (Wildman–Crippen LogP) is 1.59. The first kappa shape index (κ1) is 11.2. The van der Waals surface area contributed by atoms with E-state index >= 15 is 0 Å². The van der Waals surface area contributed by atoms with Crippen molar-refractivity contribution < 1.29 is 0 Å². The van der Waals surface area contributed by atoms with Gasteiger partial charge in [0.05, 0.1) is 0 Å². The normalized spacial score (nSPS) is 7.50. The second kappa shape index (κ2) is 15.7. The average molecular weight is 135 g/mol. The highest BCUT2D eigenvalue weighted by molar-refractivity contribution is 7.98. The lowest BCUT2D eigenvalue weighted by atomic mass is 10.8. The molecule has 0 amide bonds. The maximum Gasteiger partial charge on any atom is 0.00552 e. The summed E-state index contributed by atoms with van der Waals surface area (Å²) in [5, 5.41) is 3.05. The van der Waals surface area contributed by atoms with E-state index in [1.807, 2.05) is 32.7 Å². The first-order chi connectivity index (χ1) is 3.91. The van der Waals surface area contributed by atoms with Crippen LogP contribution in [0.3, 0.4) is 0 Å². The number of hydrogen-bond acceptors (Lipinski definition) is 2. The van der Waals surface area contributed by atoms with Crippen molar-refractivity contribution in [3.05, 3.63) is 0 Å². The van der Waals surface area contributed by atoms with Gasteiger partial charge in [0, 0.05) is 12.3 Å². The quantitative estimate of drug-likeness (QED) is 0.590. The van der Waals surface area contributed by atoms with Gasteiger partial charge in [-0.3, -0.25) is 0 Å². The van der Waals surface area contributed by atoms with Crippen LogP contribution in [0.1, 0.15) is 13.8 Å². The topological polar surface area (TPSA) is 12.0 Å². The average Bonchev–Trinajstić information content (AvgIpc) is 1.88. The summed E-state index contributed by atoms with van der Waals surface area (Å²) < 4.78 is 0. The van der Waals surface area contributed by atoms with E-state index in [1.54, 1.807) is 0 Å². The maximum atomic E-state index is 3.05. The van der Waals surface area contributed by atoms with Crippen molar-refractivity contribution in [2.24, 2.45) is 0 Å². The minimum Gasteiger partial charge on any atom is -0.319 e. The molecule has 1 N–H and O–H groups in total. The Bertz CT molecular complexity index is 20.5. The summed E-state index contributed by atoms with van der Waals surface area (Å²) in [4.78, 5) is 0. The molecule has 0 heterocycles. The lowest BCUT2D eigenvalue weighted by Crippen LogP contribution is -2.09. The Kier molecular flexibility index (Phi) is 21.8. The zero-order valence-corrected chi connectivity index (χ0v) is 7.14. The van der Waals surface area contributed by atoms with E-state index in [4.69, 9.17) is 0 Å². The molecule has 0 aliphatic rings. The molecule has 0 unspecified atom stereocenters. The third kappa shape index (κ3) is 16.2. The van der Waals surface area contributed by atoms with Crippen LogP contribution < -0.4 is 5.32 Å². The van der Waals surface area contributed by atoms with Gasteiger partial charge < -0.3 is 5.32 Å². The molecule has 0 aliphatic heterocycles. The van der Waals surface area contributed by atoms with Gasteiger partial charge in [0.2, 0.25) is 0 Å². The Labute approximate surface area is 57.2 Å². The SMILES string of the molecule is CC.CNCCSC. The molecule has 0 bridgehead atoms. The molecule has 0 saturated carbocycles. The minimum absolute atomic E-state index is 1.13. The van der Waals surface area contributed by atoms with Crippen LogP contribution in [0.15, 0.2) is 0 Å². The van der Waals surface area contributed by atoms with Gasteiger partial charge in [-0.05, 0) is 13.3 Å². The Hall–Kier alpha value is 0.310. The molecule has 0 rings (SSSR count). The lowest BCUT2D eigenvalue weighted by Gasteiger charge is -1.89. The van der Waals surface area contributed by atoms with Crippen molar-refractivity contribution in [2.45, 2.75) is 13.8 Å².